The molecule has 3 N–H and O–H groups in total. The summed E-state index contributed by atoms with van der Waals surface area (Å²) in [5.74, 6) is -2.56. The smallest absolute Gasteiger partial charge is 0.416 e. The van der Waals surface area contributed by atoms with Crippen LogP contribution < -0.4 is 5.32 Å². The minimum absolute atomic E-state index is 0.00339. The normalized spacial score (nSPS) is 13.8. The third kappa shape index (κ3) is 7.33. The lowest BCUT2D eigenvalue weighted by Crippen LogP contribution is -2.37. The average Bonchev–Trinajstić information content (AvgIpc) is 3.38. The Hall–Kier alpha value is -4.44. The maximum atomic E-state index is 14.6. The summed E-state index contributed by atoms with van der Waals surface area (Å²) in [7, 11) is 0. The molecule has 0 fully saturated rings. The van der Waals surface area contributed by atoms with Gasteiger partial charge >= 0.3 is 12.1 Å². The van der Waals surface area contributed by atoms with Crippen LogP contribution >= 0.6 is 0 Å². The predicted molar refractivity (Wildman–Crippen MR) is 168 cm³/mol. The van der Waals surface area contributed by atoms with Crippen LogP contribution in [0.25, 0.3) is 11.3 Å². The van der Waals surface area contributed by atoms with Gasteiger partial charge in [0.2, 0.25) is 5.91 Å². The van der Waals surface area contributed by atoms with Crippen LogP contribution in [0.4, 0.5) is 17.6 Å². The molecule has 1 aromatic heterocycles. The highest BCUT2D eigenvalue weighted by atomic mass is 19.4. The molecule has 0 spiro atoms. The summed E-state index contributed by atoms with van der Waals surface area (Å²) in [5.41, 5.74) is 6.65. The largest absolute Gasteiger partial charge is 0.478 e. The van der Waals surface area contributed by atoms with Crippen LogP contribution in [-0.4, -0.2) is 46.5 Å². The number of hydrogen-bond donors (Lipinski definition) is 3. The van der Waals surface area contributed by atoms with Gasteiger partial charge in [0.15, 0.2) is 0 Å². The summed E-state index contributed by atoms with van der Waals surface area (Å²) in [6.45, 7) is 7.96. The van der Waals surface area contributed by atoms with Crippen LogP contribution in [0.5, 0.6) is 0 Å². The molecular formula is C36H37F4N3O3. The number of H-pyrrole nitrogens is 1. The van der Waals surface area contributed by atoms with E-state index in [0.717, 1.165) is 63.0 Å². The van der Waals surface area contributed by atoms with Crippen molar-refractivity contribution in [2.24, 2.45) is 0 Å². The zero-order valence-electron chi connectivity index (χ0n) is 26.0. The molecule has 242 valence electrons. The SMILES string of the molecule is Cc1cc(C)cc(-c2[nH]c3c(c2[C@H](C)CNCCc2ccc(C(=O)O)cc2)CN(C(=O)Cc2c(F)cccc2C(F)(F)F)CC3)c1. The Balaban J connectivity index is 1.38. The third-order valence-electron chi connectivity index (χ3n) is 8.57. The Bertz CT molecular complexity index is 1720. The topological polar surface area (TPSA) is 85.4 Å². The number of fused-ring (bicyclic) bond motifs is 1. The molecule has 46 heavy (non-hydrogen) atoms. The van der Waals surface area contributed by atoms with Crippen molar-refractivity contribution in [2.75, 3.05) is 19.6 Å². The van der Waals surface area contributed by atoms with Gasteiger partial charge in [0.05, 0.1) is 17.5 Å². The van der Waals surface area contributed by atoms with Gasteiger partial charge in [-0.05, 0) is 91.4 Å². The molecule has 0 bridgehead atoms. The number of rotatable bonds is 10. The number of amides is 1. The molecule has 3 aromatic carbocycles. The molecule has 0 aliphatic carbocycles. The number of halogens is 4. The Labute approximate surface area is 265 Å². The van der Waals surface area contributed by atoms with Crippen LogP contribution in [0.2, 0.25) is 0 Å². The molecule has 1 aliphatic rings. The highest BCUT2D eigenvalue weighted by Crippen LogP contribution is 2.38. The number of carboxylic acid groups (broad SMARTS) is 1. The van der Waals surface area contributed by atoms with Crippen LogP contribution in [0, 0.1) is 19.7 Å². The third-order valence-corrected chi connectivity index (χ3v) is 8.57. The number of nitrogens with zero attached hydrogens (tertiary/aromatic N) is 1. The summed E-state index contributed by atoms with van der Waals surface area (Å²) < 4.78 is 55.5. The number of carbonyl (C=O) groups is 2. The van der Waals surface area contributed by atoms with E-state index in [1.807, 2.05) is 13.8 Å². The molecule has 1 atom stereocenters. The standard InChI is InChI=1S/C36H37F4N3O3/c1-21-15-22(2)17-26(16-21)34-33(23(3)19-41-13-11-24-7-9-25(10-8-24)35(45)46)28-20-43(14-12-31(28)42-34)32(44)18-27-29(36(38,39)40)5-4-6-30(27)37/h4-10,15-17,23,41-42H,11-14,18-20H2,1-3H3,(H,45,46)/t23-/m1/s1. The summed E-state index contributed by atoms with van der Waals surface area (Å²) in [6.07, 6.45) is -4.24. The van der Waals surface area contributed by atoms with Crippen LogP contribution in [0.3, 0.4) is 0 Å². The summed E-state index contributed by atoms with van der Waals surface area (Å²) in [6, 6.07) is 15.9. The Morgan fingerprint density at radius 1 is 1.04 bits per heavy atom. The van der Waals surface area contributed by atoms with Crippen LogP contribution in [0.1, 0.15) is 67.8 Å². The molecule has 4 aromatic rings. The Morgan fingerprint density at radius 2 is 1.74 bits per heavy atom. The van der Waals surface area contributed by atoms with Crippen molar-refractivity contribution in [2.45, 2.75) is 58.7 Å². The summed E-state index contributed by atoms with van der Waals surface area (Å²) >= 11 is 0. The highest BCUT2D eigenvalue weighted by molar-refractivity contribution is 5.87. The van der Waals surface area contributed by atoms with Gasteiger partial charge in [-0.2, -0.15) is 13.2 Å². The Kier molecular flexibility index (Phi) is 9.67. The molecule has 5 rings (SSSR count). The molecule has 1 amide bonds. The van der Waals surface area contributed by atoms with Crippen molar-refractivity contribution in [3.05, 3.63) is 117 Å². The van der Waals surface area contributed by atoms with Crippen molar-refractivity contribution in [1.29, 1.82) is 0 Å². The van der Waals surface area contributed by atoms with E-state index in [4.69, 9.17) is 5.11 Å². The number of aromatic amines is 1. The van der Waals surface area contributed by atoms with Gasteiger partial charge in [0, 0.05) is 43.0 Å². The monoisotopic (exact) mass is 635 g/mol. The number of hydrogen-bond acceptors (Lipinski definition) is 3. The first-order valence-electron chi connectivity index (χ1n) is 15.3. The van der Waals surface area contributed by atoms with Gasteiger partial charge in [-0.25, -0.2) is 9.18 Å². The fraction of sp³-hybridized carbons (Fsp3) is 0.333. The molecule has 1 aliphatic heterocycles. The first kappa shape index (κ1) is 32.9. The number of aromatic carboxylic acids is 1. The lowest BCUT2D eigenvalue weighted by Gasteiger charge is -2.29. The number of benzene rings is 3. The van der Waals surface area contributed by atoms with Crippen molar-refractivity contribution >= 4 is 11.9 Å². The number of nitrogens with one attached hydrogen (secondary N) is 2. The lowest BCUT2D eigenvalue weighted by molar-refractivity contribution is -0.139. The maximum Gasteiger partial charge on any atom is 0.416 e. The van der Waals surface area contributed by atoms with Crippen LogP contribution in [-0.2, 0) is 36.8 Å². The van der Waals surface area contributed by atoms with Gasteiger partial charge in [0.25, 0.3) is 0 Å². The molecule has 0 unspecified atom stereocenters. The summed E-state index contributed by atoms with van der Waals surface area (Å²) in [4.78, 5) is 29.7. The van der Waals surface area contributed by atoms with Gasteiger partial charge in [-0.1, -0.05) is 42.3 Å². The first-order valence-corrected chi connectivity index (χ1v) is 15.3. The molecule has 0 saturated heterocycles. The quantitative estimate of drug-likeness (QED) is 0.127. The van der Waals surface area contributed by atoms with Crippen molar-refractivity contribution in [1.82, 2.24) is 15.2 Å². The fourth-order valence-corrected chi connectivity index (χ4v) is 6.36. The van der Waals surface area contributed by atoms with Crippen molar-refractivity contribution in [3.8, 4) is 11.3 Å². The Morgan fingerprint density at radius 3 is 2.39 bits per heavy atom. The maximum absolute atomic E-state index is 14.6. The van der Waals surface area contributed by atoms with Gasteiger partial charge < -0.3 is 20.3 Å². The predicted octanol–water partition coefficient (Wildman–Crippen LogP) is 7.22. The second-order valence-electron chi connectivity index (χ2n) is 12.1. The summed E-state index contributed by atoms with van der Waals surface area (Å²) in [5, 5.41) is 12.6. The minimum Gasteiger partial charge on any atom is -0.478 e. The van der Waals surface area contributed by atoms with E-state index in [1.54, 1.807) is 24.3 Å². The van der Waals surface area contributed by atoms with E-state index in [9.17, 15) is 27.2 Å². The molecular weight excluding hydrogens is 598 g/mol. The lowest BCUT2D eigenvalue weighted by atomic mass is 9.90. The molecule has 2 heterocycles. The zero-order chi connectivity index (χ0) is 33.2. The van der Waals surface area contributed by atoms with E-state index in [0.29, 0.717) is 32.5 Å². The number of alkyl halides is 3. The van der Waals surface area contributed by atoms with Crippen LogP contribution in [0.15, 0.2) is 60.7 Å². The number of carboxylic acids is 1. The van der Waals surface area contributed by atoms with Crippen molar-refractivity contribution in [3.63, 3.8) is 0 Å². The average molecular weight is 636 g/mol. The molecule has 0 saturated carbocycles. The molecule has 10 heteroatoms. The fourth-order valence-electron chi connectivity index (χ4n) is 6.36. The molecule has 6 nitrogen and oxygen atoms in total. The van der Waals surface area contributed by atoms with Gasteiger partial charge in [-0.3, -0.25) is 4.79 Å². The number of aryl methyl sites for hydroxylation is 2. The number of carbonyl (C=O) groups excluding carboxylic acids is 1. The van der Waals surface area contributed by atoms with Gasteiger partial charge in [-0.15, -0.1) is 0 Å². The van der Waals surface area contributed by atoms with E-state index >= 15 is 0 Å². The van der Waals surface area contributed by atoms with E-state index in [1.165, 1.54) is 4.90 Å². The van der Waals surface area contributed by atoms with E-state index in [2.05, 4.69) is 35.4 Å². The highest BCUT2D eigenvalue weighted by Gasteiger charge is 2.36. The second kappa shape index (κ2) is 13.5. The zero-order valence-corrected chi connectivity index (χ0v) is 26.0. The molecule has 0 radical (unpaired) electrons. The first-order chi connectivity index (χ1) is 21.8. The van der Waals surface area contributed by atoms with Gasteiger partial charge in [0.1, 0.15) is 5.82 Å². The van der Waals surface area contributed by atoms with E-state index < -0.39 is 41.4 Å². The minimum atomic E-state index is -4.77. The van der Waals surface area contributed by atoms with E-state index in [-0.39, 0.29) is 18.0 Å². The second-order valence-corrected chi connectivity index (χ2v) is 12.1. The number of aromatic nitrogens is 1. The van der Waals surface area contributed by atoms with Crippen molar-refractivity contribution < 1.29 is 32.3 Å².